The molecule has 0 aromatic rings. The molecule has 32 heteroatoms. The number of rotatable bonds is 11. The molecule has 0 unspecified atom stereocenters. The first-order valence-corrected chi connectivity index (χ1v) is 24.1. The zero-order chi connectivity index (χ0) is 61.1. The smallest absolute Gasteiger partial charge is 0.0936 e. The lowest BCUT2D eigenvalue weighted by Gasteiger charge is -1.84. The molecule has 0 aliphatic carbocycles. The van der Waals surface area contributed by atoms with E-state index in [0.717, 1.165) is 31.3 Å². The highest BCUT2D eigenvalue weighted by Crippen LogP contribution is 1.65. The second-order valence-corrected chi connectivity index (χ2v) is 9.22. The molecular weight excluding hydrogens is 1000 g/mol. The fraction of sp³-hybridized carbons (Fsp3) is 0.949. The maximum atomic E-state index is 8.00. The summed E-state index contributed by atoms with van der Waals surface area (Å²) in [5.74, 6) is 1.97. The summed E-state index contributed by atoms with van der Waals surface area (Å²) in [5.41, 5.74) is 51.6. The highest BCUT2D eigenvalue weighted by molar-refractivity contribution is 7.80. The Labute approximate surface area is 462 Å². The van der Waals surface area contributed by atoms with Crippen LogP contribution in [0, 0.1) is 10.8 Å². The average Bonchev–Trinajstić information content (AvgIpc) is 3.41. The lowest BCUT2D eigenvalue weighted by molar-refractivity contribution is 0.207. The number of likely N-dealkylation sites (N-methyl/N-ethyl adjacent to an activating group) is 1. The van der Waals surface area contributed by atoms with E-state index in [4.69, 9.17) is 75.9 Å². The predicted molar refractivity (Wildman–Crippen MR) is 339 cm³/mol. The number of methoxy groups -OCH3 is 2. The van der Waals surface area contributed by atoms with Crippen molar-refractivity contribution in [2.45, 2.75) is 54.9 Å². The van der Waals surface area contributed by atoms with Crippen molar-refractivity contribution >= 4 is 62.9 Å². The van der Waals surface area contributed by atoms with Crippen LogP contribution in [-0.2, 0) is 9.47 Å². The first-order valence-electron chi connectivity index (χ1n) is 21.6. The van der Waals surface area contributed by atoms with Crippen molar-refractivity contribution in [3.05, 3.63) is 0 Å². The maximum Gasteiger partial charge on any atom is 0.0936 e. The van der Waals surface area contributed by atoms with Crippen LogP contribution in [0.25, 0.3) is 0 Å². The SMILES string of the molecule is CC.CCC.CCN.CCNC.CCS.CN.CN.CN.CN.CNC.CNCCO.CNCN.CNCO.COCN.COCS.N.N.N=CC=N.NCCN.NCCO.NCO.OCCS.OCS. The van der Waals surface area contributed by atoms with Gasteiger partial charge in [0.25, 0.3) is 0 Å². The Morgan fingerprint density at radius 2 is 0.690 bits per heavy atom. The number of nitrogens with one attached hydrogen (secondary N) is 7. The Kier molecular flexibility index (Phi) is 981. The maximum absolute atomic E-state index is 8.00. The minimum Gasteiger partial charge on any atom is -0.396 e. The van der Waals surface area contributed by atoms with Crippen LogP contribution in [0.15, 0.2) is 0 Å². The van der Waals surface area contributed by atoms with E-state index in [9.17, 15) is 0 Å². The second-order valence-electron chi connectivity index (χ2n) is 7.60. The molecule has 0 heterocycles. The van der Waals surface area contributed by atoms with Crippen molar-refractivity contribution < 1.29 is 40.1 Å². The first-order chi connectivity index (χ1) is 33.1. The molecular formula is C39H140N20O8S4. The van der Waals surface area contributed by atoms with Gasteiger partial charge in [0.05, 0.1) is 51.9 Å². The molecule has 71 heavy (non-hydrogen) atoms. The van der Waals surface area contributed by atoms with Crippen LogP contribution in [0.4, 0.5) is 0 Å². The van der Waals surface area contributed by atoms with Gasteiger partial charge in [-0.05, 0) is 89.3 Å². The summed E-state index contributed by atoms with van der Waals surface area (Å²) >= 11 is 14.5. The highest BCUT2D eigenvalue weighted by Gasteiger charge is 1.66. The molecule has 0 bridgehead atoms. The standard InChI is InChI=1S/C3H9NO.C3H9N.C3H8.2C2H8N2.C2H4N2.3C2H7NO.2C2H7N.2C2H6OS.C2H6S.C2H6.CH5NO.4CH5N.CH4OS.2H3N/c1-4-2-3-5;1-3-4-2;1-3-2;1-4-2-3;2*3-1-2-4;1-4-2-3;1-3-2-4;3-1-2-4;1-3-2;1-2-3;1-3-2-4;3-1-2-4;1-2-3;1-2;2-1-3;4*1-2;2-1-3;;/h4-5H,2-3H2,1H3;4H,3H2,1-2H3;3H2,1-2H3;4H,2-3H2,1H3;1-4H2;1-4H;2-3H2,1H3;3-4H,2H2,1H3;4H,1-3H2;3H,1-2H3;2-3H2,1H3;4H,2H2,1H3;3-4H,1-2H2;3H,2H2,1H3;1-2H3;3H,1-2H2;4*2H2,1H3;2-3H,1H2;2*1H3. The molecule has 0 aliphatic rings. The van der Waals surface area contributed by atoms with Crippen LogP contribution in [-0.4, -0.2) is 237 Å². The Hall–Kier alpha value is -0.300. The fourth-order valence-corrected chi connectivity index (χ4v) is 0.112. The topological polar surface area (TPSA) is 604 Å². The molecule has 0 amide bonds. The predicted octanol–water partition coefficient (Wildman–Crippen LogP) is -3.63. The van der Waals surface area contributed by atoms with E-state index in [2.05, 4.69) is 136 Å². The van der Waals surface area contributed by atoms with Crippen LogP contribution in [0.1, 0.15) is 54.9 Å². The molecule has 468 valence electrons. The van der Waals surface area contributed by atoms with Crippen LogP contribution in [0.2, 0.25) is 0 Å². The quantitative estimate of drug-likeness (QED) is 0.0539. The summed E-state index contributed by atoms with van der Waals surface area (Å²) in [6.45, 7) is 19.5. The molecule has 0 aromatic carbocycles. The number of aliphatic hydroxyl groups excluding tert-OH is 6. The van der Waals surface area contributed by atoms with Gasteiger partial charge in [-0.3, -0.25) is 5.32 Å². The fourth-order valence-electron chi connectivity index (χ4n) is 0.112. The van der Waals surface area contributed by atoms with Crippen molar-refractivity contribution in [3.8, 4) is 0 Å². The third kappa shape index (κ3) is 2790. The Balaban J connectivity index is -0.0000000163. The molecule has 0 rings (SSSR count). The Bertz CT molecular complexity index is 328. The molecule has 0 aromatic heterocycles. The summed E-state index contributed by atoms with van der Waals surface area (Å²) in [6, 6.07) is 0. The normalized spacial score (nSPS) is 6.20. The van der Waals surface area contributed by atoms with Crippen LogP contribution < -0.4 is 102 Å². The van der Waals surface area contributed by atoms with Crippen LogP contribution in [0.5, 0.6) is 0 Å². The van der Waals surface area contributed by atoms with Gasteiger partial charge in [-0.2, -0.15) is 50.5 Å². The summed E-state index contributed by atoms with van der Waals surface area (Å²) in [7, 11) is 20.1. The van der Waals surface area contributed by atoms with E-state index in [-0.39, 0.29) is 51.5 Å². The largest absolute Gasteiger partial charge is 0.396 e. The number of ether oxygens (including phenoxy) is 2. The number of nitrogens with two attached hydrogens (primary N) is 11. The summed E-state index contributed by atoms with van der Waals surface area (Å²) in [5, 5.41) is 71.9. The molecule has 0 aliphatic heterocycles. The van der Waals surface area contributed by atoms with Crippen molar-refractivity contribution in [3.63, 3.8) is 0 Å². The van der Waals surface area contributed by atoms with E-state index in [1.165, 1.54) is 34.6 Å². The minimum absolute atomic E-state index is 0. The molecule has 0 spiro atoms. The number of thiol groups is 4. The lowest BCUT2D eigenvalue weighted by atomic mass is 10.6. The van der Waals surface area contributed by atoms with E-state index in [0.29, 0.717) is 51.3 Å². The zero-order valence-corrected chi connectivity index (χ0v) is 53.0. The molecule has 0 saturated carbocycles. The van der Waals surface area contributed by atoms with Gasteiger partial charge in [0, 0.05) is 65.2 Å². The highest BCUT2D eigenvalue weighted by atomic mass is 32.1. The molecule has 0 radical (unpaired) electrons. The van der Waals surface area contributed by atoms with Gasteiger partial charge in [0.1, 0.15) is 0 Å². The monoisotopic (exact) mass is 1150 g/mol. The van der Waals surface area contributed by atoms with Gasteiger partial charge >= 0.3 is 0 Å². The summed E-state index contributed by atoms with van der Waals surface area (Å²) in [6.07, 6.45) is 3.08. The molecule has 0 saturated heterocycles. The van der Waals surface area contributed by atoms with Gasteiger partial charge in [-0.15, -0.1) is 0 Å². The van der Waals surface area contributed by atoms with Crippen molar-refractivity contribution in [1.29, 1.82) is 10.8 Å². The van der Waals surface area contributed by atoms with Gasteiger partial charge in [0.2, 0.25) is 0 Å². The van der Waals surface area contributed by atoms with E-state index >= 15 is 0 Å². The lowest BCUT2D eigenvalue weighted by Crippen LogP contribution is -2.15. The number of aliphatic hydroxyl groups is 6. The molecule has 0 fully saturated rings. The summed E-state index contributed by atoms with van der Waals surface area (Å²) in [4.78, 5) is 0. The Morgan fingerprint density at radius 1 is 0.521 bits per heavy atom. The minimum atomic E-state index is -0.250. The second kappa shape index (κ2) is 461. The first kappa shape index (κ1) is 151. The van der Waals surface area contributed by atoms with Crippen LogP contribution in [0.3, 0.4) is 0 Å². The van der Waals surface area contributed by atoms with E-state index in [1.54, 1.807) is 35.4 Å². The van der Waals surface area contributed by atoms with Crippen LogP contribution >= 0.6 is 50.5 Å². The van der Waals surface area contributed by atoms with Crippen molar-refractivity contribution in [1.82, 2.24) is 38.9 Å². The van der Waals surface area contributed by atoms with E-state index in [1.807, 2.05) is 48.8 Å². The van der Waals surface area contributed by atoms with Gasteiger partial charge < -0.3 is 148 Å². The zero-order valence-electron chi connectivity index (χ0n) is 49.4. The third-order valence-electron chi connectivity index (χ3n) is 1.85. The number of hydrogen-bond acceptors (Lipinski definition) is 32. The van der Waals surface area contributed by atoms with Crippen molar-refractivity contribution in [2.24, 2.45) is 63.1 Å². The molecule has 0 atom stereocenters. The number of hydrogen-bond donors (Lipinski definition) is 30. The molecule has 28 nitrogen and oxygen atoms in total. The summed E-state index contributed by atoms with van der Waals surface area (Å²) < 4.78 is 8.73. The Morgan fingerprint density at radius 3 is 0.690 bits per heavy atom. The van der Waals surface area contributed by atoms with Crippen molar-refractivity contribution in [2.75, 3.05) is 194 Å². The van der Waals surface area contributed by atoms with Gasteiger partial charge in [-0.1, -0.05) is 54.9 Å². The van der Waals surface area contributed by atoms with E-state index < -0.39 is 0 Å². The molecule has 41 N–H and O–H groups in total. The average molecular weight is 1150 g/mol. The van der Waals surface area contributed by atoms with Gasteiger partial charge in [-0.25, -0.2) is 0 Å². The third-order valence-corrected chi connectivity index (χ3v) is 2.31. The van der Waals surface area contributed by atoms with Gasteiger partial charge in [0.15, 0.2) is 0 Å².